The van der Waals surface area contributed by atoms with Crippen molar-refractivity contribution < 1.29 is 0 Å². The highest BCUT2D eigenvalue weighted by atomic mass is 32.1. The fourth-order valence-corrected chi connectivity index (χ4v) is 6.02. The fourth-order valence-electron chi connectivity index (χ4n) is 5.14. The van der Waals surface area contributed by atoms with Crippen LogP contribution in [0.15, 0.2) is 36.4 Å². The number of rotatable bonds is 3. The Kier molecular flexibility index (Phi) is 5.57. The molecule has 2 aliphatic rings. The van der Waals surface area contributed by atoms with E-state index in [9.17, 15) is 0 Å². The van der Waals surface area contributed by atoms with Gasteiger partial charge < -0.3 is 4.98 Å². The first-order valence-corrected chi connectivity index (χ1v) is 12.8. The van der Waals surface area contributed by atoms with Crippen molar-refractivity contribution >= 4 is 54.1 Å². The predicted molar refractivity (Wildman–Crippen MR) is 144 cm³/mol. The number of nitrogens with one attached hydrogen (secondary N) is 1. The Morgan fingerprint density at radius 1 is 0.667 bits per heavy atom. The Morgan fingerprint density at radius 3 is 1.76 bits per heavy atom. The lowest BCUT2D eigenvalue weighted by Gasteiger charge is -1.99. The summed E-state index contributed by atoms with van der Waals surface area (Å²) in [5, 5.41) is 0. The number of aryl methyl sites for hydroxylation is 2. The van der Waals surface area contributed by atoms with Gasteiger partial charge in [0.1, 0.15) is 0 Å². The van der Waals surface area contributed by atoms with Gasteiger partial charge in [-0.05, 0) is 110 Å². The van der Waals surface area contributed by atoms with Crippen LogP contribution in [0.25, 0.3) is 42.7 Å². The van der Waals surface area contributed by atoms with Crippen molar-refractivity contribution in [2.75, 3.05) is 0 Å². The summed E-state index contributed by atoms with van der Waals surface area (Å²) in [4.78, 5) is 13.9. The summed E-state index contributed by atoms with van der Waals surface area (Å²) in [6.45, 7) is 13.3. The van der Waals surface area contributed by atoms with Crippen LogP contribution in [0.2, 0.25) is 0 Å². The van der Waals surface area contributed by atoms with Crippen LogP contribution in [0.4, 0.5) is 0 Å². The van der Waals surface area contributed by atoms with Crippen LogP contribution in [-0.4, -0.2) is 15.0 Å². The molecule has 2 aliphatic heterocycles. The minimum absolute atomic E-state index is 0.972. The summed E-state index contributed by atoms with van der Waals surface area (Å²) in [5.41, 5.74) is 14.5. The lowest BCUT2D eigenvalue weighted by atomic mass is 10.0. The number of thiophene rings is 1. The highest BCUT2D eigenvalue weighted by molar-refractivity contribution is 7.23. The maximum Gasteiger partial charge on any atom is 0.0693 e. The molecule has 0 saturated heterocycles. The van der Waals surface area contributed by atoms with Gasteiger partial charge in [0.25, 0.3) is 0 Å². The van der Waals surface area contributed by atoms with E-state index in [2.05, 4.69) is 82.9 Å². The molecule has 5 rings (SSSR count). The molecule has 3 aromatic heterocycles. The SMILES string of the molecule is CCC1=C(C)c2cc3[nH]c(cc4nc(cc5ccc(cc1n2)s5)C(C)=C4CC)c(C)c3CC. The van der Waals surface area contributed by atoms with Gasteiger partial charge in [-0.2, -0.15) is 0 Å². The second-order valence-electron chi connectivity index (χ2n) is 8.91. The van der Waals surface area contributed by atoms with Crippen LogP contribution in [0.1, 0.15) is 81.4 Å². The summed E-state index contributed by atoms with van der Waals surface area (Å²) in [6, 6.07) is 13.3. The molecule has 0 aromatic carbocycles. The van der Waals surface area contributed by atoms with Gasteiger partial charge in [0.2, 0.25) is 0 Å². The third-order valence-electron chi connectivity index (χ3n) is 7.05. The molecule has 0 saturated carbocycles. The van der Waals surface area contributed by atoms with Crippen molar-refractivity contribution in [2.45, 2.75) is 60.8 Å². The van der Waals surface area contributed by atoms with Crippen LogP contribution in [0.3, 0.4) is 0 Å². The van der Waals surface area contributed by atoms with E-state index in [4.69, 9.17) is 9.97 Å². The van der Waals surface area contributed by atoms with Gasteiger partial charge in [-0.3, -0.25) is 0 Å². The predicted octanol–water partition coefficient (Wildman–Crippen LogP) is 8.60. The fraction of sp³-hybridized carbons (Fsp3) is 0.310. The molecule has 3 aromatic rings. The number of hydrogen-bond donors (Lipinski definition) is 1. The second-order valence-corrected chi connectivity index (χ2v) is 10.1. The molecule has 0 radical (unpaired) electrons. The van der Waals surface area contributed by atoms with Gasteiger partial charge >= 0.3 is 0 Å². The molecular formula is C29H31N3S. The molecule has 4 heteroatoms. The molecular weight excluding hydrogens is 422 g/mol. The molecule has 0 aliphatic carbocycles. The smallest absolute Gasteiger partial charge is 0.0693 e. The minimum Gasteiger partial charge on any atom is -0.355 e. The highest BCUT2D eigenvalue weighted by Crippen LogP contribution is 2.36. The number of nitrogens with zero attached hydrogens (tertiary/aromatic N) is 2. The van der Waals surface area contributed by atoms with Crippen LogP contribution in [0, 0.1) is 6.92 Å². The van der Waals surface area contributed by atoms with E-state index in [0.29, 0.717) is 0 Å². The zero-order valence-corrected chi connectivity index (χ0v) is 21.2. The van der Waals surface area contributed by atoms with Crippen LogP contribution < -0.4 is 0 Å². The van der Waals surface area contributed by atoms with E-state index < -0.39 is 0 Å². The number of H-pyrrole nitrogens is 1. The topological polar surface area (TPSA) is 41.6 Å². The summed E-state index contributed by atoms with van der Waals surface area (Å²) in [6.07, 6.45) is 2.93. The Hall–Kier alpha value is -2.98. The molecule has 8 bridgehead atoms. The number of aromatic amines is 1. The Bertz CT molecular complexity index is 1490. The van der Waals surface area contributed by atoms with E-state index in [0.717, 1.165) is 53.1 Å². The van der Waals surface area contributed by atoms with Crippen LogP contribution in [-0.2, 0) is 6.42 Å². The van der Waals surface area contributed by atoms with Gasteiger partial charge in [-0.15, -0.1) is 11.3 Å². The standard InChI is InChI=1S/C29H31N3S/c1-7-21-17(5)25-14-29-23(9-3)18(6)26(32-29)15-28-22(8-2)16(4)24(30-28)12-19-10-11-20(33-19)13-27(21)31-25/h10-15,32H,7-9H2,1-6H3. The number of fused-ring (bicyclic) bond motifs is 8. The lowest BCUT2D eigenvalue weighted by Crippen LogP contribution is -1.82. The molecule has 5 heterocycles. The van der Waals surface area contributed by atoms with Crippen molar-refractivity contribution in [3.63, 3.8) is 0 Å². The van der Waals surface area contributed by atoms with Gasteiger partial charge in [-0.25, -0.2) is 9.97 Å². The molecule has 3 nitrogen and oxygen atoms in total. The average Bonchev–Trinajstić information content (AvgIpc) is 3.50. The van der Waals surface area contributed by atoms with Gasteiger partial charge in [-0.1, -0.05) is 20.8 Å². The van der Waals surface area contributed by atoms with E-state index >= 15 is 0 Å². The number of aromatic nitrogens is 3. The third kappa shape index (κ3) is 3.67. The zero-order valence-electron chi connectivity index (χ0n) is 20.4. The Morgan fingerprint density at radius 2 is 1.18 bits per heavy atom. The minimum atomic E-state index is 0.972. The molecule has 1 N–H and O–H groups in total. The highest BCUT2D eigenvalue weighted by Gasteiger charge is 2.18. The Labute approximate surface area is 200 Å². The largest absolute Gasteiger partial charge is 0.355 e. The van der Waals surface area contributed by atoms with Crippen molar-refractivity contribution in [2.24, 2.45) is 0 Å². The van der Waals surface area contributed by atoms with E-state index in [1.54, 1.807) is 11.3 Å². The van der Waals surface area contributed by atoms with Crippen molar-refractivity contribution in [1.82, 2.24) is 15.0 Å². The van der Waals surface area contributed by atoms with Gasteiger partial charge in [0, 0.05) is 20.4 Å². The van der Waals surface area contributed by atoms with E-state index in [1.807, 2.05) is 0 Å². The first-order chi connectivity index (χ1) is 15.9. The van der Waals surface area contributed by atoms with Crippen LogP contribution in [0.5, 0.6) is 0 Å². The summed E-state index contributed by atoms with van der Waals surface area (Å²) in [5.74, 6) is 0. The lowest BCUT2D eigenvalue weighted by molar-refractivity contribution is 1.14. The van der Waals surface area contributed by atoms with Gasteiger partial charge in [0.05, 0.1) is 22.8 Å². The molecule has 0 atom stereocenters. The summed E-state index contributed by atoms with van der Waals surface area (Å²) >= 11 is 1.80. The number of allylic oxidation sites excluding steroid dienone is 4. The second kappa shape index (κ2) is 8.42. The molecule has 0 fully saturated rings. The molecule has 0 amide bonds. The quantitative estimate of drug-likeness (QED) is 0.431. The normalized spacial score (nSPS) is 13.9. The van der Waals surface area contributed by atoms with Gasteiger partial charge in [0.15, 0.2) is 0 Å². The van der Waals surface area contributed by atoms with Crippen molar-refractivity contribution in [3.05, 3.63) is 70.3 Å². The maximum atomic E-state index is 5.08. The maximum absolute atomic E-state index is 5.08. The Balaban J connectivity index is 1.94. The first kappa shape index (κ1) is 21.8. The monoisotopic (exact) mass is 453 g/mol. The average molecular weight is 454 g/mol. The molecule has 0 spiro atoms. The summed E-state index contributed by atoms with van der Waals surface area (Å²) < 4.78 is 2.45. The first-order valence-electron chi connectivity index (χ1n) is 12.0. The summed E-state index contributed by atoms with van der Waals surface area (Å²) in [7, 11) is 0. The zero-order chi connectivity index (χ0) is 23.3. The number of hydrogen-bond acceptors (Lipinski definition) is 3. The third-order valence-corrected chi connectivity index (χ3v) is 8.03. The van der Waals surface area contributed by atoms with Crippen molar-refractivity contribution in [1.29, 1.82) is 0 Å². The molecule has 168 valence electrons. The van der Waals surface area contributed by atoms with E-state index in [-0.39, 0.29) is 0 Å². The molecule has 0 unspecified atom stereocenters. The van der Waals surface area contributed by atoms with E-state index in [1.165, 1.54) is 42.8 Å². The van der Waals surface area contributed by atoms with Crippen LogP contribution >= 0.6 is 11.3 Å². The molecule has 33 heavy (non-hydrogen) atoms. The van der Waals surface area contributed by atoms with Crippen molar-refractivity contribution in [3.8, 4) is 0 Å².